The predicted molar refractivity (Wildman–Crippen MR) is 60.5 cm³/mol. The summed E-state index contributed by atoms with van der Waals surface area (Å²) in [5, 5.41) is 4.42. The molecule has 2 heteroatoms. The van der Waals surface area contributed by atoms with E-state index in [1.54, 1.807) is 0 Å². The first kappa shape index (κ1) is 11.3. The Labute approximate surface area is 87.3 Å². The second kappa shape index (κ2) is 3.76. The maximum absolute atomic E-state index is 4.42. The lowest BCUT2D eigenvalue weighted by Gasteiger charge is -2.17. The van der Waals surface area contributed by atoms with Gasteiger partial charge in [0.15, 0.2) is 0 Å². The highest BCUT2D eigenvalue weighted by molar-refractivity contribution is 5.15. The fourth-order valence-corrected chi connectivity index (χ4v) is 1.25. The van der Waals surface area contributed by atoms with Gasteiger partial charge in [-0.2, -0.15) is 5.10 Å². The van der Waals surface area contributed by atoms with Crippen molar-refractivity contribution in [2.24, 2.45) is 5.92 Å². The van der Waals surface area contributed by atoms with Gasteiger partial charge in [-0.15, -0.1) is 0 Å². The number of nitrogens with zero attached hydrogens (tertiary/aromatic N) is 2. The average Bonchev–Trinajstić information content (AvgIpc) is 2.49. The zero-order valence-electron chi connectivity index (χ0n) is 10.2. The molecule has 0 amide bonds. The quantitative estimate of drug-likeness (QED) is 0.705. The van der Waals surface area contributed by atoms with Gasteiger partial charge in [0.1, 0.15) is 0 Å². The van der Waals surface area contributed by atoms with Crippen molar-refractivity contribution in [3.8, 4) is 0 Å². The molecule has 1 aromatic heterocycles. The molecule has 1 aromatic rings. The molecule has 0 aromatic carbocycles. The maximum Gasteiger partial charge on any atom is 0.0527 e. The minimum absolute atomic E-state index is 0.203. The van der Waals surface area contributed by atoms with Crippen LogP contribution in [-0.2, 0) is 5.41 Å². The first-order valence-corrected chi connectivity index (χ1v) is 5.37. The lowest BCUT2D eigenvalue weighted by molar-refractivity contribution is 0.374. The van der Waals surface area contributed by atoms with Gasteiger partial charge in [0.25, 0.3) is 0 Å². The minimum Gasteiger partial charge on any atom is -0.269 e. The van der Waals surface area contributed by atoms with E-state index < -0.39 is 0 Å². The number of hydrogen-bond acceptors (Lipinski definition) is 1. The van der Waals surface area contributed by atoms with Crippen LogP contribution in [0.4, 0.5) is 0 Å². The fraction of sp³-hybridized carbons (Fsp3) is 0.750. The van der Waals surface area contributed by atoms with Gasteiger partial charge in [0.05, 0.1) is 12.2 Å². The van der Waals surface area contributed by atoms with Crippen molar-refractivity contribution >= 4 is 0 Å². The van der Waals surface area contributed by atoms with E-state index in [2.05, 4.69) is 57.5 Å². The van der Waals surface area contributed by atoms with Crippen molar-refractivity contribution in [2.45, 2.75) is 53.0 Å². The van der Waals surface area contributed by atoms with Crippen LogP contribution in [0.1, 0.15) is 53.1 Å². The summed E-state index contributed by atoms with van der Waals surface area (Å²) in [5.41, 5.74) is 1.51. The van der Waals surface area contributed by atoms with Crippen molar-refractivity contribution in [2.75, 3.05) is 0 Å². The molecule has 0 saturated carbocycles. The summed E-state index contributed by atoms with van der Waals surface area (Å²) in [6.07, 6.45) is 4.16. The molecular weight excluding hydrogens is 172 g/mol. The molecule has 0 saturated heterocycles. The van der Waals surface area contributed by atoms with Crippen LogP contribution in [0.2, 0.25) is 0 Å². The summed E-state index contributed by atoms with van der Waals surface area (Å²) in [6.45, 7) is 13.3. The maximum atomic E-state index is 4.42. The van der Waals surface area contributed by atoms with E-state index in [9.17, 15) is 0 Å². The smallest absolute Gasteiger partial charge is 0.0527 e. The van der Waals surface area contributed by atoms with Gasteiger partial charge >= 0.3 is 0 Å². The summed E-state index contributed by atoms with van der Waals surface area (Å²) in [4.78, 5) is 0. The molecule has 0 bridgehead atoms. The number of hydrogen-bond donors (Lipinski definition) is 0. The molecule has 0 fully saturated rings. The van der Waals surface area contributed by atoms with Crippen LogP contribution in [0.5, 0.6) is 0 Å². The molecule has 0 aliphatic heterocycles. The van der Waals surface area contributed by atoms with Gasteiger partial charge in [-0.05, 0) is 23.8 Å². The topological polar surface area (TPSA) is 17.8 Å². The summed E-state index contributed by atoms with van der Waals surface area (Å²) >= 11 is 0. The van der Waals surface area contributed by atoms with E-state index in [1.165, 1.54) is 5.56 Å². The Morgan fingerprint density at radius 2 is 1.79 bits per heavy atom. The Morgan fingerprint density at radius 1 is 1.21 bits per heavy atom. The van der Waals surface area contributed by atoms with Crippen molar-refractivity contribution in [1.29, 1.82) is 0 Å². The third-order valence-electron chi connectivity index (χ3n) is 2.85. The fourth-order valence-electron chi connectivity index (χ4n) is 1.25. The molecule has 0 N–H and O–H groups in total. The highest BCUT2D eigenvalue weighted by atomic mass is 15.3. The van der Waals surface area contributed by atoms with Crippen LogP contribution in [0, 0.1) is 5.92 Å². The van der Waals surface area contributed by atoms with Crippen molar-refractivity contribution in [3.63, 3.8) is 0 Å². The van der Waals surface area contributed by atoms with Crippen LogP contribution in [0.25, 0.3) is 0 Å². The molecule has 14 heavy (non-hydrogen) atoms. The second-order valence-corrected chi connectivity index (χ2v) is 5.44. The van der Waals surface area contributed by atoms with Gasteiger partial charge in [-0.3, -0.25) is 4.68 Å². The van der Waals surface area contributed by atoms with Crippen LogP contribution in [0.3, 0.4) is 0 Å². The Kier molecular flexibility index (Phi) is 3.03. The van der Waals surface area contributed by atoms with Gasteiger partial charge in [-0.1, -0.05) is 34.6 Å². The highest BCUT2D eigenvalue weighted by Gasteiger charge is 2.18. The number of aromatic nitrogens is 2. The third-order valence-corrected chi connectivity index (χ3v) is 2.85. The molecular formula is C12H22N2. The Bertz CT molecular complexity index is 292. The summed E-state index contributed by atoms with van der Waals surface area (Å²) in [7, 11) is 0. The SMILES string of the molecule is CC(C)[C@H](C)n1cc(C(C)(C)C)cn1. The average molecular weight is 194 g/mol. The summed E-state index contributed by atoms with van der Waals surface area (Å²) in [5.74, 6) is 0.628. The first-order valence-electron chi connectivity index (χ1n) is 5.37. The van der Waals surface area contributed by atoms with E-state index >= 15 is 0 Å². The molecule has 1 heterocycles. The van der Waals surface area contributed by atoms with E-state index in [0.29, 0.717) is 12.0 Å². The molecule has 0 radical (unpaired) electrons. The molecule has 1 rings (SSSR count). The van der Waals surface area contributed by atoms with Gasteiger partial charge in [-0.25, -0.2) is 0 Å². The molecule has 0 aliphatic carbocycles. The molecule has 1 atom stereocenters. The van der Waals surface area contributed by atoms with Crippen LogP contribution in [0.15, 0.2) is 12.4 Å². The Hall–Kier alpha value is -0.790. The van der Waals surface area contributed by atoms with Crippen molar-refractivity contribution in [3.05, 3.63) is 18.0 Å². The molecule has 0 aliphatic rings. The number of rotatable bonds is 2. The van der Waals surface area contributed by atoms with Gasteiger partial charge in [0, 0.05) is 6.20 Å². The van der Waals surface area contributed by atoms with Gasteiger partial charge < -0.3 is 0 Å². The van der Waals surface area contributed by atoms with Gasteiger partial charge in [0.2, 0.25) is 0 Å². The predicted octanol–water partition coefficient (Wildman–Crippen LogP) is 3.40. The van der Waals surface area contributed by atoms with Crippen LogP contribution in [-0.4, -0.2) is 9.78 Å². The van der Waals surface area contributed by atoms with Crippen LogP contribution < -0.4 is 0 Å². The van der Waals surface area contributed by atoms with E-state index in [0.717, 1.165) is 0 Å². The Balaban J connectivity index is 2.89. The van der Waals surface area contributed by atoms with E-state index in [4.69, 9.17) is 0 Å². The molecule has 0 spiro atoms. The zero-order valence-corrected chi connectivity index (χ0v) is 10.2. The second-order valence-electron chi connectivity index (χ2n) is 5.44. The summed E-state index contributed by atoms with van der Waals surface area (Å²) in [6, 6.07) is 0.478. The summed E-state index contributed by atoms with van der Waals surface area (Å²) < 4.78 is 2.07. The Morgan fingerprint density at radius 3 is 2.14 bits per heavy atom. The largest absolute Gasteiger partial charge is 0.269 e. The third kappa shape index (κ3) is 2.37. The standard InChI is InChI=1S/C12H22N2/c1-9(2)10(3)14-8-11(7-13-14)12(4,5)6/h7-10H,1-6H3/t10-/m0/s1. The lowest BCUT2D eigenvalue weighted by Crippen LogP contribution is -2.13. The lowest BCUT2D eigenvalue weighted by atomic mass is 9.90. The minimum atomic E-state index is 0.203. The normalized spacial score (nSPS) is 14.8. The van der Waals surface area contributed by atoms with Crippen LogP contribution >= 0.6 is 0 Å². The van der Waals surface area contributed by atoms with Crippen molar-refractivity contribution in [1.82, 2.24) is 9.78 Å². The van der Waals surface area contributed by atoms with Crippen molar-refractivity contribution < 1.29 is 0 Å². The zero-order chi connectivity index (χ0) is 10.9. The first-order chi connectivity index (χ1) is 6.32. The van der Waals surface area contributed by atoms with E-state index in [1.807, 2.05) is 6.20 Å². The molecule has 80 valence electrons. The molecule has 0 unspecified atom stereocenters. The molecule has 2 nitrogen and oxygen atoms in total. The van der Waals surface area contributed by atoms with E-state index in [-0.39, 0.29) is 5.41 Å². The monoisotopic (exact) mass is 194 g/mol. The highest BCUT2D eigenvalue weighted by Crippen LogP contribution is 2.23.